The Morgan fingerprint density at radius 1 is 1.02 bits per heavy atom. The molecule has 2 aromatic carbocycles. The van der Waals surface area contributed by atoms with E-state index >= 15 is 0 Å². The first kappa shape index (κ1) is 29.3. The molecule has 5 rings (SSSR count). The molecule has 1 aromatic heterocycles. The summed E-state index contributed by atoms with van der Waals surface area (Å²) in [6, 6.07) is 11.2. The number of oxazole rings is 1. The van der Waals surface area contributed by atoms with E-state index in [9.17, 15) is 22.8 Å². The monoisotopic (exact) mass is 595 g/mol. The van der Waals surface area contributed by atoms with Crippen LogP contribution in [0.15, 0.2) is 64.1 Å². The van der Waals surface area contributed by atoms with Gasteiger partial charge in [-0.15, -0.1) is 0 Å². The number of sulfonamides is 1. The molecule has 42 heavy (non-hydrogen) atoms. The van der Waals surface area contributed by atoms with Crippen molar-refractivity contribution in [3.63, 3.8) is 0 Å². The second kappa shape index (κ2) is 12.7. The van der Waals surface area contributed by atoms with E-state index < -0.39 is 40.0 Å². The minimum absolute atomic E-state index is 0.0415. The molecule has 0 unspecified atom stereocenters. The molecule has 3 heterocycles. The third-order valence-corrected chi connectivity index (χ3v) is 8.66. The van der Waals surface area contributed by atoms with Crippen molar-refractivity contribution >= 4 is 27.7 Å². The second-order valence-electron chi connectivity index (χ2n) is 10.3. The molecule has 12 nitrogen and oxygen atoms in total. The first-order valence-corrected chi connectivity index (χ1v) is 15.3. The lowest BCUT2D eigenvalue weighted by atomic mass is 10.0. The topological polar surface area (TPSA) is 169 Å². The van der Waals surface area contributed by atoms with Crippen LogP contribution in [0.25, 0.3) is 0 Å². The van der Waals surface area contributed by atoms with Gasteiger partial charge in [0, 0.05) is 19.4 Å². The van der Waals surface area contributed by atoms with Crippen molar-refractivity contribution in [2.75, 3.05) is 13.2 Å². The van der Waals surface area contributed by atoms with Gasteiger partial charge in [0.1, 0.15) is 30.1 Å². The first-order valence-electron chi connectivity index (χ1n) is 13.9. The van der Waals surface area contributed by atoms with Crippen molar-refractivity contribution in [2.45, 2.75) is 62.0 Å². The lowest BCUT2D eigenvalue weighted by molar-refractivity contribution is -0.124. The van der Waals surface area contributed by atoms with E-state index in [1.54, 1.807) is 19.1 Å². The van der Waals surface area contributed by atoms with Crippen LogP contribution >= 0.6 is 0 Å². The highest BCUT2D eigenvalue weighted by molar-refractivity contribution is 7.89. The molecule has 0 radical (unpaired) electrons. The van der Waals surface area contributed by atoms with Gasteiger partial charge in [-0.25, -0.2) is 13.4 Å². The van der Waals surface area contributed by atoms with Crippen molar-refractivity contribution in [1.82, 2.24) is 25.7 Å². The van der Waals surface area contributed by atoms with Crippen LogP contribution < -0.4 is 25.4 Å². The number of hydrogen-bond acceptors (Lipinski definition) is 8. The minimum atomic E-state index is -4.05. The van der Waals surface area contributed by atoms with Gasteiger partial charge in [-0.2, -0.15) is 4.72 Å². The summed E-state index contributed by atoms with van der Waals surface area (Å²) in [5, 5.41) is 8.31. The van der Waals surface area contributed by atoms with Crippen molar-refractivity contribution in [3.05, 3.63) is 77.5 Å². The maximum absolute atomic E-state index is 13.3. The second-order valence-corrected chi connectivity index (χ2v) is 12.1. The average Bonchev–Trinajstić information content (AvgIpc) is 3.66. The Hall–Kier alpha value is -4.23. The van der Waals surface area contributed by atoms with Gasteiger partial charge in [-0.1, -0.05) is 30.3 Å². The standard InChI is InChI=1S/C29H33N5O7S/c1-18-29-33-24(17-41-29)28(37)32-23(15-19-7-3-2-4-8-19)26(35)30-13-6-5-9-22(27(36)31-18)34-42(38,39)21-10-11-25-20(16-21)12-14-40-25/h2-4,7-8,10-11,16-18,22-23,34H,5-6,9,12-15H2,1H3,(H,30,35)(H,31,36)(H,32,37)/t18-,22-,23-/m0/s1. The first-order chi connectivity index (χ1) is 20.2. The molecule has 2 aliphatic heterocycles. The zero-order chi connectivity index (χ0) is 29.7. The molecule has 0 saturated carbocycles. The van der Waals surface area contributed by atoms with Crippen LogP contribution in [-0.2, 0) is 32.5 Å². The van der Waals surface area contributed by atoms with Gasteiger partial charge in [0.15, 0.2) is 5.69 Å². The largest absolute Gasteiger partial charge is 0.493 e. The Morgan fingerprint density at radius 3 is 2.64 bits per heavy atom. The number of amides is 3. The molecule has 2 bridgehead atoms. The summed E-state index contributed by atoms with van der Waals surface area (Å²) in [6.45, 7) is 2.38. The Kier molecular flexibility index (Phi) is 8.88. The van der Waals surface area contributed by atoms with E-state index in [1.807, 2.05) is 30.3 Å². The zero-order valence-electron chi connectivity index (χ0n) is 23.1. The predicted octanol–water partition coefficient (Wildman–Crippen LogP) is 1.78. The summed E-state index contributed by atoms with van der Waals surface area (Å²) < 4.78 is 40.1. The number of ether oxygens (including phenoxy) is 1. The predicted molar refractivity (Wildman–Crippen MR) is 151 cm³/mol. The van der Waals surface area contributed by atoms with Crippen LogP contribution in [0.5, 0.6) is 5.75 Å². The van der Waals surface area contributed by atoms with Crippen LogP contribution in [0.1, 0.15) is 59.7 Å². The van der Waals surface area contributed by atoms with Gasteiger partial charge in [-0.05, 0) is 55.5 Å². The Morgan fingerprint density at radius 2 is 1.83 bits per heavy atom. The van der Waals surface area contributed by atoms with Crippen LogP contribution in [0.4, 0.5) is 0 Å². The quantitative estimate of drug-likeness (QED) is 0.346. The number of aromatic nitrogens is 1. The molecule has 13 heteroatoms. The van der Waals surface area contributed by atoms with Crippen LogP contribution in [0, 0.1) is 0 Å². The normalized spacial score (nSPS) is 21.9. The molecular formula is C29H33N5O7S. The molecule has 222 valence electrons. The molecule has 4 N–H and O–H groups in total. The van der Waals surface area contributed by atoms with Crippen molar-refractivity contribution in [1.29, 1.82) is 0 Å². The molecule has 0 aliphatic carbocycles. The summed E-state index contributed by atoms with van der Waals surface area (Å²) >= 11 is 0. The van der Waals surface area contributed by atoms with E-state index in [0.717, 1.165) is 17.4 Å². The third kappa shape index (κ3) is 6.97. The summed E-state index contributed by atoms with van der Waals surface area (Å²) in [4.78, 5) is 43.6. The van der Waals surface area contributed by atoms with Gasteiger partial charge in [0.05, 0.1) is 11.5 Å². The number of benzene rings is 2. The van der Waals surface area contributed by atoms with Crippen molar-refractivity contribution < 1.29 is 32.0 Å². The smallest absolute Gasteiger partial charge is 0.273 e. The fourth-order valence-corrected chi connectivity index (χ4v) is 6.18. The number of carbonyl (C=O) groups is 3. The fraction of sp³-hybridized carbons (Fsp3) is 0.379. The summed E-state index contributed by atoms with van der Waals surface area (Å²) in [6.07, 6.45) is 3.13. The molecule has 3 aromatic rings. The van der Waals surface area contributed by atoms with Gasteiger partial charge in [0.25, 0.3) is 5.91 Å². The van der Waals surface area contributed by atoms with Crippen LogP contribution in [0.3, 0.4) is 0 Å². The van der Waals surface area contributed by atoms with E-state index in [2.05, 4.69) is 25.7 Å². The van der Waals surface area contributed by atoms with E-state index in [4.69, 9.17) is 9.15 Å². The van der Waals surface area contributed by atoms with Gasteiger partial charge < -0.3 is 25.1 Å². The number of fused-ring (bicyclic) bond motifs is 3. The lowest BCUT2D eigenvalue weighted by Crippen LogP contribution is -2.49. The Balaban J connectivity index is 1.35. The highest BCUT2D eigenvalue weighted by Crippen LogP contribution is 2.28. The van der Waals surface area contributed by atoms with Gasteiger partial charge in [-0.3, -0.25) is 14.4 Å². The summed E-state index contributed by atoms with van der Waals surface area (Å²) in [7, 11) is -4.05. The molecule has 0 saturated heterocycles. The molecule has 3 amide bonds. The minimum Gasteiger partial charge on any atom is -0.493 e. The number of nitrogens with zero attached hydrogens (tertiary/aromatic N) is 1. The lowest BCUT2D eigenvalue weighted by Gasteiger charge is -2.21. The van der Waals surface area contributed by atoms with E-state index in [0.29, 0.717) is 31.6 Å². The Bertz CT molecular complexity index is 1560. The van der Waals surface area contributed by atoms with Crippen LogP contribution in [0.2, 0.25) is 0 Å². The Labute approximate surface area is 243 Å². The number of nitrogens with one attached hydrogen (secondary N) is 4. The number of rotatable bonds is 5. The molecule has 2 aliphatic rings. The molecular weight excluding hydrogens is 562 g/mol. The fourth-order valence-electron chi connectivity index (χ4n) is 4.89. The molecule has 0 fully saturated rings. The number of hydrogen-bond donors (Lipinski definition) is 4. The van der Waals surface area contributed by atoms with E-state index in [1.165, 1.54) is 6.07 Å². The third-order valence-electron chi connectivity index (χ3n) is 7.19. The number of carbonyl (C=O) groups excluding carboxylic acids is 3. The van der Waals surface area contributed by atoms with E-state index in [-0.39, 0.29) is 41.8 Å². The molecule has 3 atom stereocenters. The van der Waals surface area contributed by atoms with Crippen molar-refractivity contribution in [3.8, 4) is 5.75 Å². The molecule has 0 spiro atoms. The van der Waals surface area contributed by atoms with Crippen molar-refractivity contribution in [2.24, 2.45) is 0 Å². The SMILES string of the molecule is C[C@@H]1NC(=O)[C@@H](NS(=O)(=O)c2ccc3c(c2)CCO3)CCCCNC(=O)[C@H](Cc2ccccc2)NC(=O)c2coc1n2. The average molecular weight is 596 g/mol. The highest BCUT2D eigenvalue weighted by Gasteiger charge is 2.30. The zero-order valence-corrected chi connectivity index (χ0v) is 23.9. The maximum Gasteiger partial charge on any atom is 0.273 e. The van der Waals surface area contributed by atoms with Crippen LogP contribution in [-0.4, -0.2) is 56.4 Å². The summed E-state index contributed by atoms with van der Waals surface area (Å²) in [5.74, 6) is -0.829. The maximum atomic E-state index is 13.3. The summed E-state index contributed by atoms with van der Waals surface area (Å²) in [5.41, 5.74) is 1.61. The highest BCUT2D eigenvalue weighted by atomic mass is 32.2. The van der Waals surface area contributed by atoms with Gasteiger partial charge in [0.2, 0.25) is 27.7 Å². The van der Waals surface area contributed by atoms with Gasteiger partial charge >= 0.3 is 0 Å².